The second-order valence-corrected chi connectivity index (χ2v) is 5.72. The van der Waals surface area contributed by atoms with Gasteiger partial charge in [0.1, 0.15) is 11.6 Å². The summed E-state index contributed by atoms with van der Waals surface area (Å²) in [6.07, 6.45) is 4.58. The Bertz CT molecular complexity index is 666. The Morgan fingerprint density at radius 1 is 1.30 bits per heavy atom. The molecule has 1 amide bonds. The summed E-state index contributed by atoms with van der Waals surface area (Å²) in [5.41, 5.74) is 1.96. The lowest BCUT2D eigenvalue weighted by molar-refractivity contribution is -0.117. The summed E-state index contributed by atoms with van der Waals surface area (Å²) in [5.74, 6) is 1.98. The van der Waals surface area contributed by atoms with E-state index in [-0.39, 0.29) is 11.8 Å². The predicted molar refractivity (Wildman–Crippen MR) is 90.8 cm³/mol. The molecule has 3 rings (SSSR count). The van der Waals surface area contributed by atoms with Crippen LogP contribution < -0.4 is 15.4 Å². The third kappa shape index (κ3) is 4.45. The van der Waals surface area contributed by atoms with E-state index in [2.05, 4.69) is 21.7 Å². The number of nitrogens with one attached hydrogen (secondary N) is 2. The highest BCUT2D eigenvalue weighted by Crippen LogP contribution is 2.30. The molecule has 1 saturated carbocycles. The molecule has 5 nitrogen and oxygen atoms in total. The number of methoxy groups -OCH3 is 1. The summed E-state index contributed by atoms with van der Waals surface area (Å²) < 4.78 is 5.22. The van der Waals surface area contributed by atoms with Gasteiger partial charge in [0.15, 0.2) is 0 Å². The molecule has 0 bridgehead atoms. The third-order valence-electron chi connectivity index (χ3n) is 3.83. The minimum atomic E-state index is 0.102. The molecule has 1 aliphatic carbocycles. The van der Waals surface area contributed by atoms with Gasteiger partial charge in [0.05, 0.1) is 19.0 Å². The summed E-state index contributed by atoms with van der Waals surface area (Å²) in [6, 6.07) is 11.8. The van der Waals surface area contributed by atoms with Gasteiger partial charge in [0.25, 0.3) is 0 Å². The summed E-state index contributed by atoms with van der Waals surface area (Å²) in [5, 5.41) is 6.16. The zero-order valence-electron chi connectivity index (χ0n) is 13.2. The van der Waals surface area contributed by atoms with Gasteiger partial charge in [-0.15, -0.1) is 0 Å². The number of ether oxygens (including phenoxy) is 1. The van der Waals surface area contributed by atoms with Crippen molar-refractivity contribution < 1.29 is 9.53 Å². The van der Waals surface area contributed by atoms with Gasteiger partial charge in [-0.05, 0) is 49.1 Å². The van der Waals surface area contributed by atoms with E-state index in [4.69, 9.17) is 4.74 Å². The highest BCUT2D eigenvalue weighted by molar-refractivity contribution is 5.93. The Hall–Kier alpha value is -2.56. The van der Waals surface area contributed by atoms with Crippen molar-refractivity contribution >= 4 is 17.4 Å². The van der Waals surface area contributed by atoms with E-state index in [1.165, 1.54) is 5.56 Å². The summed E-state index contributed by atoms with van der Waals surface area (Å²) >= 11 is 0. The first-order chi connectivity index (χ1) is 11.2. The summed E-state index contributed by atoms with van der Waals surface area (Å²) in [6.45, 7) is 0.786. The van der Waals surface area contributed by atoms with E-state index in [9.17, 15) is 4.79 Å². The zero-order valence-corrected chi connectivity index (χ0v) is 13.2. The van der Waals surface area contributed by atoms with Crippen molar-refractivity contribution in [2.24, 2.45) is 5.92 Å². The Kier molecular flexibility index (Phi) is 4.76. The second-order valence-electron chi connectivity index (χ2n) is 5.72. The standard InChI is InChI=1S/C18H21N3O2/c1-23-16-4-2-3-13(11-16)9-10-19-17-8-7-15(12-20-17)21-18(22)14-5-6-14/h2-4,7-8,11-12,14H,5-6,9-10H2,1H3,(H,19,20)(H,21,22). The first-order valence-electron chi connectivity index (χ1n) is 7.88. The fourth-order valence-corrected chi connectivity index (χ4v) is 2.33. The molecule has 120 valence electrons. The number of benzene rings is 1. The first kappa shape index (κ1) is 15.3. The topological polar surface area (TPSA) is 63.2 Å². The lowest BCUT2D eigenvalue weighted by Crippen LogP contribution is -2.13. The average Bonchev–Trinajstić information content (AvgIpc) is 3.42. The van der Waals surface area contributed by atoms with Crippen LogP contribution in [-0.2, 0) is 11.2 Å². The maximum Gasteiger partial charge on any atom is 0.227 e. The second kappa shape index (κ2) is 7.13. The largest absolute Gasteiger partial charge is 0.497 e. The molecule has 2 aromatic rings. The van der Waals surface area contributed by atoms with Crippen molar-refractivity contribution in [3.05, 3.63) is 48.2 Å². The average molecular weight is 311 g/mol. The Morgan fingerprint density at radius 3 is 2.87 bits per heavy atom. The predicted octanol–water partition coefficient (Wildman–Crippen LogP) is 3.09. The van der Waals surface area contributed by atoms with Gasteiger partial charge in [-0.25, -0.2) is 4.98 Å². The molecule has 2 N–H and O–H groups in total. The number of pyridine rings is 1. The van der Waals surface area contributed by atoms with Gasteiger partial charge >= 0.3 is 0 Å². The number of hydrogen-bond donors (Lipinski definition) is 2. The number of aromatic nitrogens is 1. The molecular weight excluding hydrogens is 290 g/mol. The van der Waals surface area contributed by atoms with Crippen LogP contribution in [0.1, 0.15) is 18.4 Å². The molecule has 0 unspecified atom stereocenters. The van der Waals surface area contributed by atoms with Crippen LogP contribution >= 0.6 is 0 Å². The molecule has 1 heterocycles. The number of nitrogens with zero attached hydrogens (tertiary/aromatic N) is 1. The molecule has 0 radical (unpaired) electrons. The first-order valence-corrected chi connectivity index (χ1v) is 7.88. The molecule has 0 atom stereocenters. The molecule has 23 heavy (non-hydrogen) atoms. The lowest BCUT2D eigenvalue weighted by Gasteiger charge is -2.08. The quantitative estimate of drug-likeness (QED) is 0.825. The molecule has 0 saturated heterocycles. The van der Waals surface area contributed by atoms with Gasteiger partial charge in [0, 0.05) is 12.5 Å². The minimum absolute atomic E-state index is 0.102. The van der Waals surface area contributed by atoms with E-state index in [1.807, 2.05) is 30.3 Å². The smallest absolute Gasteiger partial charge is 0.227 e. The number of carbonyl (C=O) groups is 1. The van der Waals surface area contributed by atoms with Crippen LogP contribution in [0.15, 0.2) is 42.6 Å². The van der Waals surface area contributed by atoms with Crippen molar-refractivity contribution in [2.75, 3.05) is 24.3 Å². The van der Waals surface area contributed by atoms with Crippen molar-refractivity contribution in [3.63, 3.8) is 0 Å². The molecule has 1 fully saturated rings. The molecule has 1 aliphatic rings. The maximum atomic E-state index is 11.7. The lowest BCUT2D eigenvalue weighted by atomic mass is 10.1. The third-order valence-corrected chi connectivity index (χ3v) is 3.83. The maximum absolute atomic E-state index is 11.7. The van der Waals surface area contributed by atoms with Gasteiger partial charge in [-0.1, -0.05) is 12.1 Å². The van der Waals surface area contributed by atoms with Crippen molar-refractivity contribution in [2.45, 2.75) is 19.3 Å². The highest BCUT2D eigenvalue weighted by Gasteiger charge is 2.29. The van der Waals surface area contributed by atoms with Gasteiger partial charge in [-0.2, -0.15) is 0 Å². The number of amides is 1. The van der Waals surface area contributed by atoms with Crippen LogP contribution in [0.2, 0.25) is 0 Å². The van der Waals surface area contributed by atoms with Gasteiger partial charge in [-0.3, -0.25) is 4.79 Å². The van der Waals surface area contributed by atoms with Crippen molar-refractivity contribution in [1.82, 2.24) is 4.98 Å². The monoisotopic (exact) mass is 311 g/mol. The Labute approximate surface area is 136 Å². The van der Waals surface area contributed by atoms with Crippen LogP contribution in [-0.4, -0.2) is 24.5 Å². The SMILES string of the molecule is COc1cccc(CCNc2ccc(NC(=O)C3CC3)cn2)c1. The molecule has 1 aromatic heterocycles. The van der Waals surface area contributed by atoms with E-state index < -0.39 is 0 Å². The zero-order chi connectivity index (χ0) is 16.1. The Balaban J connectivity index is 1.47. The van der Waals surface area contributed by atoms with Crippen LogP contribution in [0.3, 0.4) is 0 Å². The van der Waals surface area contributed by atoms with Gasteiger partial charge < -0.3 is 15.4 Å². The fraction of sp³-hybridized carbons (Fsp3) is 0.333. The Morgan fingerprint density at radius 2 is 2.17 bits per heavy atom. The number of carbonyl (C=O) groups excluding carboxylic acids is 1. The van der Waals surface area contributed by atoms with Crippen LogP contribution in [0.4, 0.5) is 11.5 Å². The highest BCUT2D eigenvalue weighted by atomic mass is 16.5. The molecule has 0 aliphatic heterocycles. The summed E-state index contributed by atoms with van der Waals surface area (Å²) in [7, 11) is 1.67. The van der Waals surface area contributed by atoms with Gasteiger partial charge in [0.2, 0.25) is 5.91 Å². The molecule has 1 aromatic carbocycles. The van der Waals surface area contributed by atoms with Crippen LogP contribution in [0, 0.1) is 5.92 Å². The fourth-order valence-electron chi connectivity index (χ4n) is 2.33. The summed E-state index contributed by atoms with van der Waals surface area (Å²) in [4.78, 5) is 16.0. The van der Waals surface area contributed by atoms with E-state index in [1.54, 1.807) is 13.3 Å². The normalized spacial score (nSPS) is 13.4. The van der Waals surface area contributed by atoms with Crippen LogP contribution in [0.5, 0.6) is 5.75 Å². The number of hydrogen-bond acceptors (Lipinski definition) is 4. The van der Waals surface area contributed by atoms with Crippen molar-refractivity contribution in [1.29, 1.82) is 0 Å². The molecular formula is C18H21N3O2. The molecule has 0 spiro atoms. The van der Waals surface area contributed by atoms with E-state index in [0.29, 0.717) is 0 Å². The number of rotatable bonds is 7. The van der Waals surface area contributed by atoms with E-state index >= 15 is 0 Å². The van der Waals surface area contributed by atoms with Crippen LogP contribution in [0.25, 0.3) is 0 Å². The minimum Gasteiger partial charge on any atom is -0.497 e. The number of anilines is 2. The van der Waals surface area contributed by atoms with E-state index in [0.717, 1.165) is 43.1 Å². The van der Waals surface area contributed by atoms with Crippen molar-refractivity contribution in [3.8, 4) is 5.75 Å². The molecule has 5 heteroatoms.